The predicted octanol–water partition coefficient (Wildman–Crippen LogP) is 1.69. The number of sulfonamides is 1. The topological polar surface area (TPSA) is 68.1 Å². The van der Waals surface area contributed by atoms with E-state index in [2.05, 4.69) is 14.5 Å². The van der Waals surface area contributed by atoms with E-state index in [1.165, 1.54) is 6.20 Å². The van der Waals surface area contributed by atoms with E-state index >= 15 is 0 Å². The smallest absolute Gasteiger partial charge is 0.244 e. The van der Waals surface area contributed by atoms with Crippen molar-refractivity contribution < 1.29 is 8.42 Å². The number of aromatic nitrogens is 3. The summed E-state index contributed by atoms with van der Waals surface area (Å²) in [6.07, 6.45) is 8.52. The zero-order chi connectivity index (χ0) is 15.6. The molecule has 1 fully saturated rings. The summed E-state index contributed by atoms with van der Waals surface area (Å²) in [5.74, 6) is 1.50. The Kier molecular flexibility index (Phi) is 4.26. The largest absolute Gasteiger partial charge is 0.335 e. The summed E-state index contributed by atoms with van der Waals surface area (Å²) in [6, 6.07) is 3.25. The maximum Gasteiger partial charge on any atom is 0.244 e. The molecule has 7 heteroatoms. The van der Waals surface area contributed by atoms with Gasteiger partial charge in [-0.1, -0.05) is 0 Å². The predicted molar refractivity (Wildman–Crippen MR) is 82.7 cm³/mol. The van der Waals surface area contributed by atoms with Crippen LogP contribution in [-0.4, -0.2) is 40.3 Å². The van der Waals surface area contributed by atoms with Crippen molar-refractivity contribution in [2.24, 2.45) is 5.92 Å². The monoisotopic (exact) mass is 320 g/mol. The third kappa shape index (κ3) is 3.05. The van der Waals surface area contributed by atoms with Gasteiger partial charge in [-0.3, -0.25) is 4.98 Å². The number of rotatable bonds is 4. The molecular weight excluding hydrogens is 300 g/mol. The fraction of sp³-hybridized carbons (Fsp3) is 0.467. The first-order chi connectivity index (χ1) is 10.6. The highest BCUT2D eigenvalue weighted by Crippen LogP contribution is 2.24. The van der Waals surface area contributed by atoms with Crippen LogP contribution in [0, 0.1) is 12.8 Å². The highest BCUT2D eigenvalue weighted by atomic mass is 32.2. The maximum absolute atomic E-state index is 12.5. The molecular formula is C15H20N4O2S. The van der Waals surface area contributed by atoms with Crippen LogP contribution in [0.1, 0.15) is 18.7 Å². The van der Waals surface area contributed by atoms with Crippen molar-refractivity contribution >= 4 is 10.0 Å². The van der Waals surface area contributed by atoms with Gasteiger partial charge in [0.25, 0.3) is 0 Å². The van der Waals surface area contributed by atoms with Crippen molar-refractivity contribution in [3.63, 3.8) is 0 Å². The molecule has 0 amide bonds. The molecule has 0 unspecified atom stereocenters. The first-order valence-electron chi connectivity index (χ1n) is 7.45. The fourth-order valence-electron chi connectivity index (χ4n) is 2.86. The van der Waals surface area contributed by atoms with Crippen LogP contribution in [-0.2, 0) is 16.6 Å². The van der Waals surface area contributed by atoms with Gasteiger partial charge in [0.05, 0.1) is 0 Å². The Morgan fingerprint density at radius 2 is 2.05 bits per heavy atom. The molecule has 1 aliphatic heterocycles. The number of piperidine rings is 1. The van der Waals surface area contributed by atoms with Gasteiger partial charge in [-0.25, -0.2) is 13.4 Å². The molecule has 0 atom stereocenters. The number of nitrogens with zero attached hydrogens (tertiary/aromatic N) is 4. The van der Waals surface area contributed by atoms with Crippen LogP contribution in [0.15, 0.2) is 41.8 Å². The quantitative estimate of drug-likeness (QED) is 0.859. The third-order valence-corrected chi connectivity index (χ3v) is 6.11. The van der Waals surface area contributed by atoms with Gasteiger partial charge in [0.15, 0.2) is 0 Å². The van der Waals surface area contributed by atoms with Crippen molar-refractivity contribution in [1.82, 2.24) is 18.8 Å². The van der Waals surface area contributed by atoms with Crippen LogP contribution in [0.3, 0.4) is 0 Å². The molecule has 6 nitrogen and oxygen atoms in total. The minimum atomic E-state index is -3.40. The van der Waals surface area contributed by atoms with Crippen molar-refractivity contribution in [2.45, 2.75) is 31.2 Å². The summed E-state index contributed by atoms with van der Waals surface area (Å²) in [7, 11) is -3.40. The SMILES string of the molecule is Cc1nccn1CC1CCN(S(=O)(=O)c2cccnc2)CC1. The molecule has 22 heavy (non-hydrogen) atoms. The second-order valence-corrected chi connectivity index (χ2v) is 7.60. The Morgan fingerprint density at radius 3 is 2.64 bits per heavy atom. The Balaban J connectivity index is 1.63. The molecule has 0 N–H and O–H groups in total. The first-order valence-corrected chi connectivity index (χ1v) is 8.89. The lowest BCUT2D eigenvalue weighted by Gasteiger charge is -2.31. The Hall–Kier alpha value is -1.73. The molecule has 0 bridgehead atoms. The molecule has 1 saturated heterocycles. The molecule has 118 valence electrons. The van der Waals surface area contributed by atoms with E-state index in [1.807, 2.05) is 13.1 Å². The molecule has 2 aromatic rings. The van der Waals surface area contributed by atoms with E-state index < -0.39 is 10.0 Å². The first kappa shape index (κ1) is 15.2. The lowest BCUT2D eigenvalue weighted by atomic mass is 9.98. The summed E-state index contributed by atoms with van der Waals surface area (Å²) >= 11 is 0. The van der Waals surface area contributed by atoms with Gasteiger partial charge in [-0.2, -0.15) is 4.31 Å². The minimum Gasteiger partial charge on any atom is -0.335 e. The summed E-state index contributed by atoms with van der Waals surface area (Å²) < 4.78 is 28.8. The van der Waals surface area contributed by atoms with E-state index in [0.29, 0.717) is 19.0 Å². The molecule has 1 aliphatic rings. The van der Waals surface area contributed by atoms with E-state index in [-0.39, 0.29) is 4.90 Å². The molecule has 2 aromatic heterocycles. The van der Waals surface area contributed by atoms with Gasteiger partial charge < -0.3 is 4.57 Å². The second kappa shape index (κ2) is 6.18. The van der Waals surface area contributed by atoms with E-state index in [0.717, 1.165) is 25.2 Å². The molecule has 0 aromatic carbocycles. The Bertz CT molecular complexity index is 719. The molecule has 0 aliphatic carbocycles. The Labute approximate surface area is 130 Å². The molecule has 0 radical (unpaired) electrons. The molecule has 3 rings (SSSR count). The van der Waals surface area contributed by atoms with E-state index in [9.17, 15) is 8.42 Å². The number of imidazole rings is 1. The average molecular weight is 320 g/mol. The molecule has 3 heterocycles. The van der Waals surface area contributed by atoms with Gasteiger partial charge in [-0.05, 0) is 37.8 Å². The number of pyridine rings is 1. The normalized spacial score (nSPS) is 17.7. The summed E-state index contributed by atoms with van der Waals surface area (Å²) in [6.45, 7) is 4.03. The van der Waals surface area contributed by atoms with Crippen LogP contribution >= 0.6 is 0 Å². The lowest BCUT2D eigenvalue weighted by molar-refractivity contribution is 0.252. The highest BCUT2D eigenvalue weighted by Gasteiger charge is 2.29. The van der Waals surface area contributed by atoms with Crippen LogP contribution < -0.4 is 0 Å². The molecule has 0 spiro atoms. The lowest BCUT2D eigenvalue weighted by Crippen LogP contribution is -2.39. The minimum absolute atomic E-state index is 0.277. The van der Waals surface area contributed by atoms with Gasteiger partial charge >= 0.3 is 0 Å². The zero-order valence-electron chi connectivity index (χ0n) is 12.6. The van der Waals surface area contributed by atoms with Crippen LogP contribution in [0.5, 0.6) is 0 Å². The number of hydrogen-bond donors (Lipinski definition) is 0. The molecule has 0 saturated carbocycles. The van der Waals surface area contributed by atoms with Gasteiger partial charge in [0.1, 0.15) is 10.7 Å². The third-order valence-electron chi connectivity index (χ3n) is 4.22. The van der Waals surface area contributed by atoms with E-state index in [4.69, 9.17) is 0 Å². The number of aryl methyl sites for hydroxylation is 1. The van der Waals surface area contributed by atoms with Crippen molar-refractivity contribution in [2.75, 3.05) is 13.1 Å². The summed E-state index contributed by atoms with van der Waals surface area (Å²) in [5.41, 5.74) is 0. The van der Waals surface area contributed by atoms with E-state index in [1.54, 1.807) is 28.8 Å². The van der Waals surface area contributed by atoms with Gasteiger partial charge in [0.2, 0.25) is 10.0 Å². The van der Waals surface area contributed by atoms with Crippen LogP contribution in [0.25, 0.3) is 0 Å². The average Bonchev–Trinajstić information content (AvgIpc) is 2.94. The zero-order valence-corrected chi connectivity index (χ0v) is 13.4. The number of hydrogen-bond acceptors (Lipinski definition) is 4. The fourth-order valence-corrected chi connectivity index (χ4v) is 4.29. The van der Waals surface area contributed by atoms with Gasteiger partial charge in [-0.15, -0.1) is 0 Å². The summed E-state index contributed by atoms with van der Waals surface area (Å²) in [4.78, 5) is 8.41. The standard InChI is InChI=1S/C15H20N4O2S/c1-13-17-7-10-18(13)12-14-4-8-19(9-5-14)22(20,21)15-3-2-6-16-11-15/h2-3,6-7,10-11,14H,4-5,8-9,12H2,1H3. The van der Waals surface area contributed by atoms with Crippen molar-refractivity contribution in [1.29, 1.82) is 0 Å². The van der Waals surface area contributed by atoms with Crippen molar-refractivity contribution in [3.05, 3.63) is 42.7 Å². The van der Waals surface area contributed by atoms with Gasteiger partial charge in [0, 0.05) is 44.4 Å². The summed E-state index contributed by atoms with van der Waals surface area (Å²) in [5, 5.41) is 0. The van der Waals surface area contributed by atoms with Crippen LogP contribution in [0.4, 0.5) is 0 Å². The second-order valence-electron chi connectivity index (χ2n) is 5.66. The highest BCUT2D eigenvalue weighted by molar-refractivity contribution is 7.89. The van der Waals surface area contributed by atoms with Crippen LogP contribution in [0.2, 0.25) is 0 Å². The maximum atomic E-state index is 12.5. The van der Waals surface area contributed by atoms with Crippen molar-refractivity contribution in [3.8, 4) is 0 Å². The Morgan fingerprint density at radius 1 is 1.27 bits per heavy atom.